The molecule has 156 valence electrons. The van der Waals surface area contributed by atoms with E-state index < -0.39 is 0 Å². The van der Waals surface area contributed by atoms with E-state index in [1.807, 2.05) is 18.2 Å². The lowest BCUT2D eigenvalue weighted by Crippen LogP contribution is -2.51. The number of nitrogens with one attached hydrogen (secondary N) is 2. The summed E-state index contributed by atoms with van der Waals surface area (Å²) in [6, 6.07) is 10.3. The molecule has 0 bridgehead atoms. The average Bonchev–Trinajstić information content (AvgIpc) is 3.26. The summed E-state index contributed by atoms with van der Waals surface area (Å²) >= 11 is 0. The lowest BCUT2D eigenvalue weighted by molar-refractivity contribution is -0.137. The first-order valence-corrected chi connectivity index (χ1v) is 10.3. The maximum atomic E-state index is 12.5. The summed E-state index contributed by atoms with van der Waals surface area (Å²) in [5.41, 5.74) is 1.24. The highest BCUT2D eigenvalue weighted by molar-refractivity contribution is 14.0. The quantitative estimate of drug-likeness (QED) is 0.359. The van der Waals surface area contributed by atoms with Crippen LogP contribution >= 0.6 is 24.0 Å². The van der Waals surface area contributed by atoms with Gasteiger partial charge in [-0.2, -0.15) is 0 Å². The predicted octanol–water partition coefficient (Wildman–Crippen LogP) is 2.30. The molecule has 1 saturated heterocycles. The van der Waals surface area contributed by atoms with E-state index in [-0.39, 0.29) is 24.0 Å². The van der Waals surface area contributed by atoms with E-state index >= 15 is 0 Å². The minimum Gasteiger partial charge on any atom is -0.355 e. The van der Waals surface area contributed by atoms with Crippen molar-refractivity contribution in [1.29, 1.82) is 0 Å². The summed E-state index contributed by atoms with van der Waals surface area (Å²) in [7, 11) is 1.80. The maximum absolute atomic E-state index is 12.5. The molecule has 2 N–H and O–H groups in total. The lowest BCUT2D eigenvalue weighted by Gasteiger charge is -2.36. The highest BCUT2D eigenvalue weighted by atomic mass is 127. The van der Waals surface area contributed by atoms with Crippen LogP contribution in [0.4, 0.5) is 0 Å². The molecule has 0 unspecified atom stereocenters. The van der Waals surface area contributed by atoms with Crippen LogP contribution in [0.15, 0.2) is 35.3 Å². The number of guanidine groups is 1. The van der Waals surface area contributed by atoms with E-state index in [1.54, 1.807) is 7.05 Å². The van der Waals surface area contributed by atoms with Crippen molar-refractivity contribution < 1.29 is 4.79 Å². The van der Waals surface area contributed by atoms with E-state index in [0.29, 0.717) is 11.8 Å². The minimum absolute atomic E-state index is 0. The first-order valence-electron chi connectivity index (χ1n) is 10.3. The summed E-state index contributed by atoms with van der Waals surface area (Å²) in [6.45, 7) is 6.27. The number of rotatable bonds is 6. The van der Waals surface area contributed by atoms with Crippen LogP contribution in [-0.2, 0) is 11.3 Å². The Hall–Kier alpha value is -1.35. The van der Waals surface area contributed by atoms with E-state index in [9.17, 15) is 4.79 Å². The molecule has 3 rings (SSSR count). The van der Waals surface area contributed by atoms with Gasteiger partial charge in [0.1, 0.15) is 0 Å². The van der Waals surface area contributed by atoms with Gasteiger partial charge in [0.05, 0.1) is 0 Å². The molecule has 0 atom stereocenters. The van der Waals surface area contributed by atoms with E-state index in [4.69, 9.17) is 0 Å². The summed E-state index contributed by atoms with van der Waals surface area (Å²) in [5, 5.41) is 6.73. The van der Waals surface area contributed by atoms with Crippen molar-refractivity contribution in [2.45, 2.75) is 32.2 Å². The minimum atomic E-state index is 0. The van der Waals surface area contributed by atoms with Crippen molar-refractivity contribution in [3.05, 3.63) is 35.9 Å². The normalized spacial score (nSPS) is 18.6. The standard InChI is InChI=1S/C21H33N5O.HI/c1-22-21(24-17-18-7-3-2-4-8-18)23-11-12-25-13-15-26(16-14-25)20(27)19-9-5-6-10-19;/h2-4,7-8,19H,5-6,9-17H2,1H3,(H2,22,23,24);1H. The molecule has 28 heavy (non-hydrogen) atoms. The molecular formula is C21H34IN5O. The summed E-state index contributed by atoms with van der Waals surface area (Å²) in [6.07, 6.45) is 4.64. The number of carbonyl (C=O) groups is 1. The third-order valence-corrected chi connectivity index (χ3v) is 5.64. The second-order valence-corrected chi connectivity index (χ2v) is 7.49. The van der Waals surface area contributed by atoms with Crippen LogP contribution in [0, 0.1) is 5.92 Å². The number of aliphatic imine (C=N–C) groups is 1. The van der Waals surface area contributed by atoms with Crippen LogP contribution in [-0.4, -0.2) is 68.0 Å². The highest BCUT2D eigenvalue weighted by Crippen LogP contribution is 2.26. The SMILES string of the molecule is CN=C(NCCN1CCN(C(=O)C2CCCC2)CC1)NCc1ccccc1.I. The van der Waals surface area contributed by atoms with E-state index in [2.05, 4.69) is 37.6 Å². The molecule has 1 aliphatic heterocycles. The zero-order valence-corrected chi connectivity index (χ0v) is 19.2. The molecule has 0 spiro atoms. The zero-order chi connectivity index (χ0) is 18.9. The fourth-order valence-corrected chi connectivity index (χ4v) is 3.96. The van der Waals surface area contributed by atoms with Gasteiger partial charge in [-0.05, 0) is 18.4 Å². The van der Waals surface area contributed by atoms with Gasteiger partial charge in [0.15, 0.2) is 5.96 Å². The fraction of sp³-hybridized carbons (Fsp3) is 0.619. The molecule has 1 aromatic rings. The summed E-state index contributed by atoms with van der Waals surface area (Å²) in [4.78, 5) is 21.3. The smallest absolute Gasteiger partial charge is 0.225 e. The molecule has 1 aromatic carbocycles. The van der Waals surface area contributed by atoms with Crippen molar-refractivity contribution >= 4 is 35.8 Å². The topological polar surface area (TPSA) is 60.0 Å². The van der Waals surface area contributed by atoms with Gasteiger partial charge in [-0.25, -0.2) is 0 Å². The number of hydrogen-bond donors (Lipinski definition) is 2. The van der Waals surface area contributed by atoms with Crippen molar-refractivity contribution in [1.82, 2.24) is 20.4 Å². The molecule has 1 aliphatic carbocycles. The summed E-state index contributed by atoms with van der Waals surface area (Å²) in [5.74, 6) is 1.53. The highest BCUT2D eigenvalue weighted by Gasteiger charge is 2.29. The van der Waals surface area contributed by atoms with Gasteiger partial charge in [-0.3, -0.25) is 14.7 Å². The van der Waals surface area contributed by atoms with Crippen molar-refractivity contribution in [2.75, 3.05) is 46.3 Å². The van der Waals surface area contributed by atoms with Crippen molar-refractivity contribution in [3.63, 3.8) is 0 Å². The van der Waals surface area contributed by atoms with Gasteiger partial charge in [0.2, 0.25) is 5.91 Å². The number of amides is 1. The Kier molecular flexibility index (Phi) is 10.0. The first kappa shape index (κ1) is 22.9. The molecule has 1 saturated carbocycles. The van der Waals surface area contributed by atoms with Gasteiger partial charge >= 0.3 is 0 Å². The van der Waals surface area contributed by atoms with Crippen LogP contribution in [0.25, 0.3) is 0 Å². The lowest BCUT2D eigenvalue weighted by atomic mass is 10.1. The monoisotopic (exact) mass is 499 g/mol. The Morgan fingerprint density at radius 2 is 1.75 bits per heavy atom. The third kappa shape index (κ3) is 6.92. The predicted molar refractivity (Wildman–Crippen MR) is 125 cm³/mol. The Labute approximate surface area is 186 Å². The zero-order valence-electron chi connectivity index (χ0n) is 16.9. The Morgan fingerprint density at radius 1 is 1.07 bits per heavy atom. The van der Waals surface area contributed by atoms with Crippen LogP contribution in [0.5, 0.6) is 0 Å². The van der Waals surface area contributed by atoms with E-state index in [0.717, 1.165) is 64.6 Å². The number of benzene rings is 1. The number of halogens is 1. The van der Waals surface area contributed by atoms with Gasteiger partial charge < -0.3 is 15.5 Å². The number of piperazine rings is 1. The Bertz CT molecular complexity index is 610. The maximum Gasteiger partial charge on any atom is 0.225 e. The van der Waals surface area contributed by atoms with Crippen molar-refractivity contribution in [2.24, 2.45) is 10.9 Å². The van der Waals surface area contributed by atoms with Crippen molar-refractivity contribution in [3.8, 4) is 0 Å². The van der Waals surface area contributed by atoms with Crippen LogP contribution < -0.4 is 10.6 Å². The van der Waals surface area contributed by atoms with Gasteiger partial charge in [-0.15, -0.1) is 24.0 Å². The van der Waals surface area contributed by atoms with Crippen LogP contribution in [0.1, 0.15) is 31.2 Å². The van der Waals surface area contributed by atoms with Gasteiger partial charge in [0.25, 0.3) is 0 Å². The second kappa shape index (κ2) is 12.3. The Balaban J connectivity index is 0.00000280. The molecular weight excluding hydrogens is 465 g/mol. The summed E-state index contributed by atoms with van der Waals surface area (Å²) < 4.78 is 0. The average molecular weight is 499 g/mol. The number of carbonyl (C=O) groups excluding carboxylic acids is 1. The second-order valence-electron chi connectivity index (χ2n) is 7.49. The molecule has 0 aromatic heterocycles. The van der Waals surface area contributed by atoms with Gasteiger partial charge in [-0.1, -0.05) is 43.2 Å². The fourth-order valence-electron chi connectivity index (χ4n) is 3.96. The molecule has 6 nitrogen and oxygen atoms in total. The molecule has 2 aliphatic rings. The molecule has 0 radical (unpaired) electrons. The first-order chi connectivity index (χ1) is 13.3. The largest absolute Gasteiger partial charge is 0.355 e. The molecule has 7 heteroatoms. The van der Waals surface area contributed by atoms with E-state index in [1.165, 1.54) is 18.4 Å². The number of hydrogen-bond acceptors (Lipinski definition) is 3. The number of nitrogens with zero attached hydrogens (tertiary/aromatic N) is 3. The van der Waals surface area contributed by atoms with Crippen LogP contribution in [0.2, 0.25) is 0 Å². The van der Waals surface area contributed by atoms with Crippen LogP contribution in [0.3, 0.4) is 0 Å². The molecule has 1 heterocycles. The molecule has 2 fully saturated rings. The Morgan fingerprint density at radius 3 is 2.39 bits per heavy atom. The molecule has 1 amide bonds. The third-order valence-electron chi connectivity index (χ3n) is 5.64. The van der Waals surface area contributed by atoms with Gasteiger partial charge in [0, 0.05) is 58.8 Å².